The number of nitrogens with zero attached hydrogens (tertiary/aromatic N) is 1. The van der Waals surface area contributed by atoms with Gasteiger partial charge in [-0.15, -0.1) is 0 Å². The van der Waals surface area contributed by atoms with Crippen molar-refractivity contribution in [3.05, 3.63) is 61.0 Å². The Morgan fingerprint density at radius 2 is 2.05 bits per heavy atom. The first kappa shape index (κ1) is 16.1. The van der Waals surface area contributed by atoms with Gasteiger partial charge in [0, 0.05) is 15.1 Å². The molecule has 0 amide bonds. The summed E-state index contributed by atoms with van der Waals surface area (Å²) in [6.45, 7) is 0. The molecule has 0 aliphatic carbocycles. The lowest BCUT2D eigenvalue weighted by Crippen LogP contribution is -2.21. The van der Waals surface area contributed by atoms with Gasteiger partial charge >= 0.3 is 0 Å². The van der Waals surface area contributed by atoms with E-state index in [1.54, 1.807) is 12.3 Å². The number of hydrogen-bond acceptors (Lipinski definition) is 2. The molecule has 0 aliphatic heterocycles. The quantitative estimate of drug-likeness (QED) is 0.685. The Kier molecular flexibility index (Phi) is 5.72. The Hall–Kier alpha value is -0.300. The topological polar surface area (TPSA) is 24.9 Å². The number of hydrogen-bond donors (Lipinski definition) is 1. The van der Waals surface area contributed by atoms with Crippen molar-refractivity contribution in [2.24, 2.45) is 0 Å². The number of halogens is 4. The Labute approximate surface area is 142 Å². The Morgan fingerprint density at radius 1 is 1.30 bits per heavy atom. The van der Waals surface area contributed by atoms with Crippen molar-refractivity contribution in [2.75, 3.05) is 7.05 Å². The first-order chi connectivity index (χ1) is 9.52. The molecule has 0 saturated carbocycles. The van der Waals surface area contributed by atoms with Crippen LogP contribution in [-0.4, -0.2) is 12.0 Å². The third kappa shape index (κ3) is 3.67. The maximum Gasteiger partial charge on any atom is 0.137 e. The van der Waals surface area contributed by atoms with E-state index in [2.05, 4.69) is 58.1 Å². The third-order valence-electron chi connectivity index (χ3n) is 2.97. The van der Waals surface area contributed by atoms with E-state index >= 15 is 0 Å². The van der Waals surface area contributed by atoms with Crippen molar-refractivity contribution in [2.45, 2.75) is 12.5 Å². The second-order valence-electron chi connectivity index (χ2n) is 4.28. The lowest BCUT2D eigenvalue weighted by atomic mass is 10.0. The molecule has 6 heteroatoms. The average Bonchev–Trinajstić information content (AvgIpc) is 2.41. The maximum absolute atomic E-state index is 13.6. The molecule has 1 aromatic heterocycles. The minimum Gasteiger partial charge on any atom is -0.311 e. The van der Waals surface area contributed by atoms with Gasteiger partial charge in [0.05, 0.1) is 16.2 Å². The van der Waals surface area contributed by atoms with Crippen LogP contribution in [0.3, 0.4) is 0 Å². The average molecular weight is 467 g/mol. The van der Waals surface area contributed by atoms with E-state index in [-0.39, 0.29) is 11.9 Å². The fourth-order valence-corrected chi connectivity index (χ4v) is 3.63. The summed E-state index contributed by atoms with van der Waals surface area (Å²) in [7, 11) is 1.87. The van der Waals surface area contributed by atoms with Crippen molar-refractivity contribution in [3.8, 4) is 0 Å². The van der Waals surface area contributed by atoms with E-state index in [0.717, 1.165) is 20.2 Å². The predicted octanol–water partition coefficient (Wildman–Crippen LogP) is 5.01. The van der Waals surface area contributed by atoms with Crippen LogP contribution in [0, 0.1) is 5.82 Å². The van der Waals surface area contributed by atoms with Crippen LogP contribution in [0.25, 0.3) is 0 Å². The molecule has 2 nitrogen and oxygen atoms in total. The van der Waals surface area contributed by atoms with Crippen LogP contribution in [0.2, 0.25) is 0 Å². The van der Waals surface area contributed by atoms with Gasteiger partial charge in [-0.25, -0.2) is 4.39 Å². The molecule has 2 rings (SSSR count). The molecule has 1 N–H and O–H groups in total. The third-order valence-corrected chi connectivity index (χ3v) is 4.93. The van der Waals surface area contributed by atoms with Gasteiger partial charge < -0.3 is 5.32 Å². The molecule has 0 fully saturated rings. The lowest BCUT2D eigenvalue weighted by molar-refractivity contribution is 0.565. The smallest absolute Gasteiger partial charge is 0.137 e. The summed E-state index contributed by atoms with van der Waals surface area (Å²) in [6, 6.07) is 7.01. The van der Waals surface area contributed by atoms with Gasteiger partial charge in [-0.05, 0) is 79.0 Å². The monoisotopic (exact) mass is 464 g/mol. The van der Waals surface area contributed by atoms with Gasteiger partial charge in [0.25, 0.3) is 0 Å². The SMILES string of the molecule is CNC(Cc1cccc(F)c1Br)c1ncc(Br)cc1Br. The zero-order valence-corrected chi connectivity index (χ0v) is 15.4. The molecule has 0 aliphatic rings. The predicted molar refractivity (Wildman–Crippen MR) is 89.2 cm³/mol. The van der Waals surface area contributed by atoms with Crippen LogP contribution in [-0.2, 0) is 6.42 Å². The highest BCUT2D eigenvalue weighted by atomic mass is 79.9. The van der Waals surface area contributed by atoms with Crippen LogP contribution in [0.1, 0.15) is 17.3 Å². The molecule has 20 heavy (non-hydrogen) atoms. The molecule has 0 saturated heterocycles. The first-order valence-corrected chi connectivity index (χ1v) is 8.32. The maximum atomic E-state index is 13.6. The van der Waals surface area contributed by atoms with E-state index in [1.807, 2.05) is 19.2 Å². The second kappa shape index (κ2) is 7.11. The van der Waals surface area contributed by atoms with Crippen molar-refractivity contribution in [3.63, 3.8) is 0 Å². The first-order valence-electron chi connectivity index (χ1n) is 5.94. The normalized spacial score (nSPS) is 12.4. The standard InChI is InChI=1S/C14H12Br3FN2/c1-19-12(14-10(16)6-9(15)7-20-14)5-8-3-2-4-11(18)13(8)17/h2-4,6-7,12,19H,5H2,1H3. The number of pyridine rings is 1. The van der Waals surface area contributed by atoms with Gasteiger partial charge in [0.1, 0.15) is 5.82 Å². The number of benzene rings is 1. The van der Waals surface area contributed by atoms with E-state index in [9.17, 15) is 4.39 Å². The summed E-state index contributed by atoms with van der Waals surface area (Å²) >= 11 is 10.2. The Balaban J connectivity index is 2.31. The van der Waals surface area contributed by atoms with Crippen LogP contribution in [0.4, 0.5) is 4.39 Å². The number of nitrogens with one attached hydrogen (secondary N) is 1. The largest absolute Gasteiger partial charge is 0.311 e. The lowest BCUT2D eigenvalue weighted by Gasteiger charge is -2.18. The van der Waals surface area contributed by atoms with Crippen molar-refractivity contribution >= 4 is 47.8 Å². The molecule has 1 aromatic carbocycles. The van der Waals surface area contributed by atoms with Gasteiger partial charge in [0.2, 0.25) is 0 Å². The number of aromatic nitrogens is 1. The molecule has 0 bridgehead atoms. The highest BCUT2D eigenvalue weighted by Gasteiger charge is 2.17. The second-order valence-corrected chi connectivity index (χ2v) is 6.84. The minimum absolute atomic E-state index is 0.00410. The summed E-state index contributed by atoms with van der Waals surface area (Å²) < 4.78 is 15.9. The highest BCUT2D eigenvalue weighted by molar-refractivity contribution is 9.11. The summed E-state index contributed by atoms with van der Waals surface area (Å²) in [6.07, 6.45) is 2.40. The fraction of sp³-hybridized carbons (Fsp3) is 0.214. The minimum atomic E-state index is -0.250. The molecular weight excluding hydrogens is 455 g/mol. The molecule has 106 valence electrons. The van der Waals surface area contributed by atoms with E-state index in [0.29, 0.717) is 10.9 Å². The van der Waals surface area contributed by atoms with E-state index in [4.69, 9.17) is 0 Å². The summed E-state index contributed by atoms with van der Waals surface area (Å²) in [5.41, 5.74) is 1.80. The molecule has 1 atom stereocenters. The van der Waals surface area contributed by atoms with Crippen molar-refractivity contribution in [1.82, 2.24) is 10.3 Å². The summed E-state index contributed by atoms with van der Waals surface area (Å²) in [5, 5.41) is 3.22. The zero-order chi connectivity index (χ0) is 14.7. The Bertz CT molecular complexity index is 619. The molecule has 0 radical (unpaired) electrons. The van der Waals surface area contributed by atoms with Gasteiger partial charge in [-0.1, -0.05) is 12.1 Å². The summed E-state index contributed by atoms with van der Waals surface area (Å²) in [5.74, 6) is -0.250. The van der Waals surface area contributed by atoms with Crippen LogP contribution in [0.15, 0.2) is 43.9 Å². The molecular formula is C14H12Br3FN2. The molecule has 0 spiro atoms. The van der Waals surface area contributed by atoms with Gasteiger partial charge in [-0.2, -0.15) is 0 Å². The Morgan fingerprint density at radius 3 is 2.70 bits per heavy atom. The number of likely N-dealkylation sites (N-methyl/N-ethyl adjacent to an activating group) is 1. The molecule has 1 unspecified atom stereocenters. The van der Waals surface area contributed by atoms with Crippen LogP contribution in [0.5, 0.6) is 0 Å². The van der Waals surface area contributed by atoms with Crippen molar-refractivity contribution in [1.29, 1.82) is 0 Å². The van der Waals surface area contributed by atoms with E-state index in [1.165, 1.54) is 6.07 Å². The number of rotatable bonds is 4. The van der Waals surface area contributed by atoms with E-state index < -0.39 is 0 Å². The molecule has 1 heterocycles. The van der Waals surface area contributed by atoms with Gasteiger partial charge in [0.15, 0.2) is 0 Å². The van der Waals surface area contributed by atoms with Gasteiger partial charge in [-0.3, -0.25) is 4.98 Å². The van der Waals surface area contributed by atoms with Crippen LogP contribution >= 0.6 is 47.8 Å². The highest BCUT2D eigenvalue weighted by Crippen LogP contribution is 2.29. The zero-order valence-electron chi connectivity index (χ0n) is 10.6. The molecule has 2 aromatic rings. The van der Waals surface area contributed by atoms with Crippen molar-refractivity contribution < 1.29 is 4.39 Å². The fourth-order valence-electron chi connectivity index (χ4n) is 1.94. The summed E-state index contributed by atoms with van der Waals surface area (Å²) in [4.78, 5) is 4.43. The van der Waals surface area contributed by atoms with Crippen LogP contribution < -0.4 is 5.32 Å².